The van der Waals surface area contributed by atoms with E-state index in [0.29, 0.717) is 5.54 Å². The zero-order valence-electron chi connectivity index (χ0n) is 15.9. The van der Waals surface area contributed by atoms with E-state index < -0.39 is 0 Å². The van der Waals surface area contributed by atoms with Crippen LogP contribution in [0.25, 0.3) is 11.1 Å². The molecule has 1 fully saturated rings. The van der Waals surface area contributed by atoms with E-state index in [2.05, 4.69) is 81.1 Å². The highest BCUT2D eigenvalue weighted by molar-refractivity contribution is 5.82. The van der Waals surface area contributed by atoms with E-state index in [1.54, 1.807) is 0 Å². The number of hydrogen-bond acceptors (Lipinski definition) is 0. The topological polar surface area (TPSA) is 3.01 Å². The van der Waals surface area contributed by atoms with Crippen molar-refractivity contribution in [3.05, 3.63) is 59.2 Å². The predicted octanol–water partition coefficient (Wildman–Crippen LogP) is 5.29. The Morgan fingerprint density at radius 3 is 2.20 bits per heavy atom. The summed E-state index contributed by atoms with van der Waals surface area (Å²) < 4.78 is 2.51. The van der Waals surface area contributed by atoms with Crippen molar-refractivity contribution in [3.63, 3.8) is 0 Å². The molecule has 0 amide bonds. The van der Waals surface area contributed by atoms with Gasteiger partial charge in [0.2, 0.25) is 0 Å². The van der Waals surface area contributed by atoms with Gasteiger partial charge in [-0.1, -0.05) is 56.3 Å². The summed E-state index contributed by atoms with van der Waals surface area (Å²) in [5.41, 5.74) is 8.10. The SMILES string of the molecule is C[N+]1=CC2(c3ccc4c(c3)C(C)(C)c3ccccc3-4)CCC1(C)CC2. The Hall–Kier alpha value is -1.89. The quantitative estimate of drug-likeness (QED) is 0.625. The molecule has 6 rings (SSSR count). The molecule has 0 N–H and O–H groups in total. The standard InChI is InChI=1S/C24H28N/c1-22(2)20-8-6-5-7-18(20)19-10-9-17(15-21(19)22)24-13-11-23(3,12-14-24)25(4)16-24/h5-10,15-16H,11-14H2,1-4H3/q+1. The second-order valence-corrected chi connectivity index (χ2v) is 9.32. The molecule has 1 nitrogen and oxygen atoms in total. The summed E-state index contributed by atoms with van der Waals surface area (Å²) in [6.07, 6.45) is 7.73. The van der Waals surface area contributed by atoms with Crippen LogP contribution in [-0.2, 0) is 10.8 Å². The van der Waals surface area contributed by atoms with Crippen LogP contribution >= 0.6 is 0 Å². The summed E-state index contributed by atoms with van der Waals surface area (Å²) in [5.74, 6) is 0. The van der Waals surface area contributed by atoms with Crippen LogP contribution in [0.4, 0.5) is 0 Å². The molecule has 25 heavy (non-hydrogen) atoms. The lowest BCUT2D eigenvalue weighted by Crippen LogP contribution is -2.54. The first-order chi connectivity index (χ1) is 11.9. The molecule has 4 aliphatic rings. The average Bonchev–Trinajstić information content (AvgIpc) is 2.85. The highest BCUT2D eigenvalue weighted by Gasteiger charge is 2.52. The zero-order valence-corrected chi connectivity index (χ0v) is 15.9. The fraction of sp³-hybridized carbons (Fsp3) is 0.458. The third-order valence-electron chi connectivity index (χ3n) is 7.67. The fourth-order valence-electron chi connectivity index (χ4n) is 5.62. The van der Waals surface area contributed by atoms with Gasteiger partial charge >= 0.3 is 0 Å². The molecule has 0 aromatic heterocycles. The molecule has 2 aromatic carbocycles. The van der Waals surface area contributed by atoms with E-state index in [0.717, 1.165) is 0 Å². The Bertz CT molecular complexity index is 907. The molecular weight excluding hydrogens is 302 g/mol. The monoisotopic (exact) mass is 330 g/mol. The van der Waals surface area contributed by atoms with E-state index in [9.17, 15) is 0 Å². The Labute approximate surface area is 151 Å². The van der Waals surface area contributed by atoms with Gasteiger partial charge in [-0.15, -0.1) is 0 Å². The third-order valence-corrected chi connectivity index (χ3v) is 7.67. The molecule has 2 heterocycles. The van der Waals surface area contributed by atoms with Gasteiger partial charge < -0.3 is 0 Å². The smallest absolute Gasteiger partial charge is 0.159 e. The molecule has 2 aliphatic heterocycles. The number of hydrogen-bond donors (Lipinski definition) is 0. The lowest BCUT2D eigenvalue weighted by atomic mass is 9.61. The lowest BCUT2D eigenvalue weighted by molar-refractivity contribution is -0.592. The maximum Gasteiger partial charge on any atom is 0.159 e. The molecule has 0 atom stereocenters. The van der Waals surface area contributed by atoms with E-state index in [-0.39, 0.29) is 10.8 Å². The van der Waals surface area contributed by atoms with Crippen molar-refractivity contribution in [2.24, 2.45) is 0 Å². The van der Waals surface area contributed by atoms with Crippen molar-refractivity contribution in [1.82, 2.24) is 0 Å². The molecule has 1 heteroatoms. The molecule has 2 aromatic rings. The summed E-state index contributed by atoms with van der Waals surface area (Å²) in [6, 6.07) is 16.3. The maximum absolute atomic E-state index is 2.54. The van der Waals surface area contributed by atoms with Crippen LogP contribution in [0.2, 0.25) is 0 Å². The van der Waals surface area contributed by atoms with Crippen LogP contribution < -0.4 is 0 Å². The average molecular weight is 330 g/mol. The Morgan fingerprint density at radius 1 is 0.800 bits per heavy atom. The largest absolute Gasteiger partial charge is 0.236 e. The van der Waals surface area contributed by atoms with Gasteiger partial charge in [0.25, 0.3) is 0 Å². The van der Waals surface area contributed by atoms with E-state index in [1.807, 2.05) is 0 Å². The van der Waals surface area contributed by atoms with Crippen LogP contribution in [0.3, 0.4) is 0 Å². The minimum absolute atomic E-state index is 0.0995. The molecule has 2 aliphatic carbocycles. The number of benzene rings is 2. The first-order valence-electron chi connectivity index (χ1n) is 9.70. The van der Waals surface area contributed by atoms with E-state index >= 15 is 0 Å². The Kier molecular flexibility index (Phi) is 2.85. The number of rotatable bonds is 1. The van der Waals surface area contributed by atoms with Gasteiger partial charge in [-0.3, -0.25) is 0 Å². The summed E-state index contributed by atoms with van der Waals surface area (Å²) in [4.78, 5) is 0. The molecule has 0 spiro atoms. The summed E-state index contributed by atoms with van der Waals surface area (Å²) in [6.45, 7) is 7.19. The van der Waals surface area contributed by atoms with Gasteiger partial charge in [0.15, 0.2) is 11.8 Å². The van der Waals surface area contributed by atoms with Crippen molar-refractivity contribution in [2.45, 2.75) is 62.8 Å². The van der Waals surface area contributed by atoms with Crippen LogP contribution in [0.15, 0.2) is 42.5 Å². The summed E-state index contributed by atoms with van der Waals surface area (Å²) in [5, 5.41) is 0. The van der Waals surface area contributed by atoms with Gasteiger partial charge in [0.05, 0.1) is 5.41 Å². The van der Waals surface area contributed by atoms with Crippen molar-refractivity contribution >= 4 is 6.21 Å². The van der Waals surface area contributed by atoms with Crippen molar-refractivity contribution in [3.8, 4) is 11.1 Å². The molecule has 128 valence electrons. The molecule has 0 radical (unpaired) electrons. The Morgan fingerprint density at radius 2 is 1.48 bits per heavy atom. The van der Waals surface area contributed by atoms with Gasteiger partial charge in [-0.2, -0.15) is 0 Å². The van der Waals surface area contributed by atoms with Gasteiger partial charge in [0, 0.05) is 25.2 Å². The minimum Gasteiger partial charge on any atom is -0.236 e. The van der Waals surface area contributed by atoms with E-state index in [1.165, 1.54) is 53.5 Å². The first kappa shape index (κ1) is 15.4. The predicted molar refractivity (Wildman–Crippen MR) is 105 cm³/mol. The summed E-state index contributed by atoms with van der Waals surface area (Å²) >= 11 is 0. The second-order valence-electron chi connectivity index (χ2n) is 9.32. The van der Waals surface area contributed by atoms with Crippen LogP contribution in [-0.4, -0.2) is 23.4 Å². The van der Waals surface area contributed by atoms with Crippen molar-refractivity contribution in [1.29, 1.82) is 0 Å². The normalized spacial score (nSPS) is 31.4. The zero-order chi connectivity index (χ0) is 17.4. The van der Waals surface area contributed by atoms with Crippen molar-refractivity contribution < 1.29 is 4.58 Å². The number of nitrogens with zero attached hydrogens (tertiary/aromatic N) is 1. The second kappa shape index (κ2) is 4.63. The molecule has 0 unspecified atom stereocenters. The highest BCUT2D eigenvalue weighted by Crippen LogP contribution is 2.52. The lowest BCUT2D eigenvalue weighted by Gasteiger charge is -2.45. The number of fused-ring (bicyclic) bond motifs is 5. The molecule has 0 saturated heterocycles. The fourth-order valence-corrected chi connectivity index (χ4v) is 5.62. The summed E-state index contributed by atoms with van der Waals surface area (Å²) in [7, 11) is 2.28. The van der Waals surface area contributed by atoms with Gasteiger partial charge in [-0.05, 0) is 40.7 Å². The van der Waals surface area contributed by atoms with Gasteiger partial charge in [0.1, 0.15) is 7.05 Å². The van der Waals surface area contributed by atoms with Crippen LogP contribution in [0, 0.1) is 0 Å². The molecular formula is C24H28N+. The van der Waals surface area contributed by atoms with Gasteiger partial charge in [-0.25, -0.2) is 4.58 Å². The maximum atomic E-state index is 2.54. The first-order valence-corrected chi connectivity index (χ1v) is 9.70. The van der Waals surface area contributed by atoms with E-state index in [4.69, 9.17) is 0 Å². The van der Waals surface area contributed by atoms with Crippen LogP contribution in [0.1, 0.15) is 63.1 Å². The molecule has 2 bridgehead atoms. The van der Waals surface area contributed by atoms with Crippen LogP contribution in [0.5, 0.6) is 0 Å². The highest BCUT2D eigenvalue weighted by atomic mass is 15.1. The van der Waals surface area contributed by atoms with Crippen molar-refractivity contribution in [2.75, 3.05) is 7.05 Å². The third kappa shape index (κ3) is 1.87. The Balaban J connectivity index is 1.68. The minimum atomic E-state index is 0.0995. The molecule has 1 saturated carbocycles.